The third-order valence-electron chi connectivity index (χ3n) is 6.95. The summed E-state index contributed by atoms with van der Waals surface area (Å²) in [5.74, 6) is -0.144. The average Bonchev–Trinajstić information content (AvgIpc) is 3.38. The minimum Gasteiger partial charge on any atom is -0.396 e. The number of carbonyl (C=O) groups is 2. The van der Waals surface area contributed by atoms with Crippen LogP contribution in [0.4, 0.5) is 5.69 Å². The van der Waals surface area contributed by atoms with Gasteiger partial charge >= 0.3 is 0 Å². The molecule has 2 aromatic carbocycles. The number of nitrogens with one attached hydrogen (secondary N) is 2. The molecule has 1 fully saturated rings. The van der Waals surface area contributed by atoms with Crippen molar-refractivity contribution in [3.63, 3.8) is 0 Å². The lowest BCUT2D eigenvalue weighted by molar-refractivity contribution is -0.110. The van der Waals surface area contributed by atoms with E-state index in [0.29, 0.717) is 30.6 Å². The van der Waals surface area contributed by atoms with Gasteiger partial charge in [0.05, 0.1) is 11.1 Å². The quantitative estimate of drug-likeness (QED) is 0.499. The Morgan fingerprint density at radius 1 is 1.11 bits per heavy atom. The molecule has 0 bridgehead atoms. The van der Waals surface area contributed by atoms with Crippen molar-refractivity contribution < 1.29 is 14.7 Å². The molecule has 3 heterocycles. The monoisotopic (exact) mass is 470 g/mol. The predicted molar refractivity (Wildman–Crippen MR) is 138 cm³/mol. The molecule has 5 rings (SSSR count). The number of hydrogen-bond donors (Lipinski definition) is 3. The maximum atomic E-state index is 13.1. The summed E-state index contributed by atoms with van der Waals surface area (Å²) in [6.45, 7) is 5.17. The summed E-state index contributed by atoms with van der Waals surface area (Å²) >= 11 is 0. The van der Waals surface area contributed by atoms with Gasteiger partial charge in [0.25, 0.3) is 11.8 Å². The molecule has 0 spiro atoms. The molecule has 35 heavy (non-hydrogen) atoms. The average molecular weight is 471 g/mol. The first kappa shape index (κ1) is 23.1. The molecule has 1 saturated heterocycles. The second-order valence-corrected chi connectivity index (χ2v) is 9.25. The molecule has 2 aliphatic heterocycles. The Kier molecular flexibility index (Phi) is 6.28. The van der Waals surface area contributed by atoms with Crippen LogP contribution in [0.5, 0.6) is 0 Å². The topological polar surface area (TPSA) is 88.7 Å². The van der Waals surface area contributed by atoms with Gasteiger partial charge in [0.1, 0.15) is 0 Å². The molecule has 3 N–H and O–H groups in total. The highest BCUT2D eigenvalue weighted by atomic mass is 16.3. The molecule has 3 aromatic rings. The Hall–Kier alpha value is -3.68. The Balaban J connectivity index is 1.51. The van der Waals surface area contributed by atoms with Gasteiger partial charge in [0, 0.05) is 55.9 Å². The van der Waals surface area contributed by atoms with Crippen LogP contribution >= 0.6 is 0 Å². The number of nitrogens with zero attached hydrogens (tertiary/aromatic N) is 2. The van der Waals surface area contributed by atoms with Crippen molar-refractivity contribution in [3.05, 3.63) is 76.6 Å². The van der Waals surface area contributed by atoms with Crippen molar-refractivity contribution >= 4 is 29.2 Å². The first-order valence-electron chi connectivity index (χ1n) is 12.0. The van der Waals surface area contributed by atoms with E-state index >= 15 is 0 Å². The van der Waals surface area contributed by atoms with Crippen LogP contribution in [-0.2, 0) is 11.2 Å². The molecule has 2 aliphatic rings. The van der Waals surface area contributed by atoms with E-state index in [9.17, 15) is 14.7 Å². The number of piperazine rings is 1. The number of rotatable bonds is 5. The van der Waals surface area contributed by atoms with Crippen molar-refractivity contribution in [1.82, 2.24) is 14.8 Å². The summed E-state index contributed by atoms with van der Waals surface area (Å²) in [4.78, 5) is 33.5. The first-order valence-corrected chi connectivity index (χ1v) is 12.0. The molecule has 7 nitrogen and oxygen atoms in total. The van der Waals surface area contributed by atoms with Gasteiger partial charge in [-0.15, -0.1) is 0 Å². The number of carbonyl (C=O) groups excluding carboxylic acids is 2. The number of fused-ring (bicyclic) bond motifs is 1. The van der Waals surface area contributed by atoms with Crippen LogP contribution in [0.25, 0.3) is 22.8 Å². The lowest BCUT2D eigenvalue weighted by Crippen LogP contribution is -2.47. The fourth-order valence-corrected chi connectivity index (χ4v) is 4.86. The Labute approximate surface area is 205 Å². The minimum absolute atomic E-state index is 0.0224. The number of aliphatic hydroxyl groups is 1. The number of aromatic nitrogens is 1. The van der Waals surface area contributed by atoms with E-state index in [1.807, 2.05) is 54.3 Å². The van der Waals surface area contributed by atoms with Gasteiger partial charge in [-0.2, -0.15) is 0 Å². The van der Waals surface area contributed by atoms with Crippen molar-refractivity contribution in [3.8, 4) is 11.1 Å². The van der Waals surface area contributed by atoms with Crippen LogP contribution in [0.1, 0.15) is 32.7 Å². The van der Waals surface area contributed by atoms with E-state index in [2.05, 4.69) is 28.3 Å². The smallest absolute Gasteiger partial charge is 0.256 e. The van der Waals surface area contributed by atoms with Gasteiger partial charge in [-0.1, -0.05) is 36.4 Å². The fraction of sp³-hybridized carbons (Fsp3) is 0.286. The molecule has 180 valence electrons. The maximum Gasteiger partial charge on any atom is 0.256 e. The van der Waals surface area contributed by atoms with E-state index in [4.69, 9.17) is 0 Å². The normalized spacial score (nSPS) is 17.1. The zero-order valence-electron chi connectivity index (χ0n) is 20.1. The molecule has 7 heteroatoms. The van der Waals surface area contributed by atoms with E-state index < -0.39 is 0 Å². The largest absolute Gasteiger partial charge is 0.396 e. The summed E-state index contributed by atoms with van der Waals surface area (Å²) in [6, 6.07) is 13.9. The minimum atomic E-state index is -0.167. The highest BCUT2D eigenvalue weighted by Crippen LogP contribution is 2.40. The Morgan fingerprint density at radius 2 is 1.89 bits per heavy atom. The van der Waals surface area contributed by atoms with Crippen LogP contribution in [0.2, 0.25) is 0 Å². The highest BCUT2D eigenvalue weighted by Gasteiger charge is 2.29. The van der Waals surface area contributed by atoms with Gasteiger partial charge in [-0.3, -0.25) is 9.59 Å². The van der Waals surface area contributed by atoms with Gasteiger partial charge in [-0.05, 0) is 54.8 Å². The highest BCUT2D eigenvalue weighted by molar-refractivity contribution is 6.36. The summed E-state index contributed by atoms with van der Waals surface area (Å²) in [5, 5.41) is 12.3. The summed E-state index contributed by atoms with van der Waals surface area (Å²) in [6.07, 6.45) is 4.17. The van der Waals surface area contributed by atoms with Crippen LogP contribution in [0.15, 0.2) is 48.7 Å². The maximum absolute atomic E-state index is 13.1. The Bertz CT molecular complexity index is 1320. The van der Waals surface area contributed by atoms with Crippen LogP contribution in [0, 0.1) is 6.92 Å². The molecule has 0 radical (unpaired) electrons. The molecule has 2 amide bonds. The summed E-state index contributed by atoms with van der Waals surface area (Å²) < 4.78 is 0. The number of aromatic amines is 1. The van der Waals surface area contributed by atoms with E-state index in [1.54, 1.807) is 6.20 Å². The van der Waals surface area contributed by atoms with Crippen molar-refractivity contribution in [2.45, 2.75) is 13.3 Å². The number of likely N-dealkylation sites (N-methyl/N-ethyl adjacent to an activating group) is 1. The zero-order chi connectivity index (χ0) is 24.5. The van der Waals surface area contributed by atoms with Gasteiger partial charge in [0.2, 0.25) is 0 Å². The second kappa shape index (κ2) is 9.52. The van der Waals surface area contributed by atoms with E-state index in [0.717, 1.165) is 52.3 Å². The number of benzene rings is 2. The second-order valence-electron chi connectivity index (χ2n) is 9.25. The SMILES string of the molecule is Cc1c(C(=O)N2CCN(C)CC2)c[nH]c1C=C1C(=O)Nc2cccc(-c3cccc(CCO)c3)c21. The fourth-order valence-electron chi connectivity index (χ4n) is 4.86. The van der Waals surface area contributed by atoms with Crippen molar-refractivity contribution in [1.29, 1.82) is 0 Å². The molecule has 0 saturated carbocycles. The van der Waals surface area contributed by atoms with Crippen LogP contribution in [0.3, 0.4) is 0 Å². The number of H-pyrrole nitrogens is 1. The zero-order valence-corrected chi connectivity index (χ0v) is 20.1. The van der Waals surface area contributed by atoms with E-state index in [1.165, 1.54) is 0 Å². The first-order chi connectivity index (χ1) is 17.0. The van der Waals surface area contributed by atoms with Crippen molar-refractivity contribution in [2.24, 2.45) is 0 Å². The molecular formula is C28H30N4O3. The lowest BCUT2D eigenvalue weighted by atomic mass is 9.93. The lowest BCUT2D eigenvalue weighted by Gasteiger charge is -2.32. The molecule has 0 aliphatic carbocycles. The number of anilines is 1. The van der Waals surface area contributed by atoms with Gasteiger partial charge < -0.3 is 25.2 Å². The number of aliphatic hydroxyl groups excluding tert-OH is 1. The van der Waals surface area contributed by atoms with Crippen LogP contribution < -0.4 is 5.32 Å². The van der Waals surface area contributed by atoms with Gasteiger partial charge in [-0.25, -0.2) is 0 Å². The van der Waals surface area contributed by atoms with Gasteiger partial charge in [0.15, 0.2) is 0 Å². The standard InChI is InChI=1S/C28H30N4O3/c1-18-23(28(35)32-12-10-31(2)11-13-32)17-29-25(18)16-22-26-21(7-4-8-24(26)30-27(22)34)20-6-3-5-19(15-20)9-14-33/h3-8,15-17,29,33H,9-14H2,1-2H3,(H,30,34). The number of hydrogen-bond acceptors (Lipinski definition) is 4. The molecule has 0 atom stereocenters. The Morgan fingerprint density at radius 3 is 2.66 bits per heavy atom. The third-order valence-corrected chi connectivity index (χ3v) is 6.95. The summed E-state index contributed by atoms with van der Waals surface area (Å²) in [7, 11) is 2.06. The molecule has 0 unspecified atom stereocenters. The summed E-state index contributed by atoms with van der Waals surface area (Å²) in [5.41, 5.74) is 7.39. The molecule has 1 aromatic heterocycles. The van der Waals surface area contributed by atoms with Crippen molar-refractivity contribution in [2.75, 3.05) is 45.2 Å². The van der Waals surface area contributed by atoms with Crippen LogP contribution in [-0.4, -0.2) is 71.5 Å². The van der Waals surface area contributed by atoms with E-state index in [-0.39, 0.29) is 18.4 Å². The third kappa shape index (κ3) is 4.40. The molecular weight excluding hydrogens is 440 g/mol. The predicted octanol–water partition coefficient (Wildman–Crippen LogP) is 3.41. The number of amides is 2.